The van der Waals surface area contributed by atoms with Crippen LogP contribution < -0.4 is 9.47 Å². The molecule has 0 aliphatic carbocycles. The Kier molecular flexibility index (Phi) is 6.04. The number of ether oxygens (including phenoxy) is 2. The summed E-state index contributed by atoms with van der Waals surface area (Å²) >= 11 is 3.51. The number of nitrogens with zero attached hydrogens (tertiary/aromatic N) is 1. The molecule has 2 aromatic rings. The number of hydrogen-bond donors (Lipinski definition) is 0. The number of methoxy groups -OCH3 is 1. The van der Waals surface area contributed by atoms with Crippen molar-refractivity contribution < 1.29 is 14.3 Å². The van der Waals surface area contributed by atoms with E-state index in [0.29, 0.717) is 30.2 Å². The number of amides is 1. The van der Waals surface area contributed by atoms with Crippen molar-refractivity contribution in [2.45, 2.75) is 13.5 Å². The molecule has 5 heteroatoms. The normalized spacial score (nSPS) is 10.3. The maximum absolute atomic E-state index is 12.6. The fourth-order valence-electron chi connectivity index (χ4n) is 2.25. The third kappa shape index (κ3) is 4.26. The molecule has 0 saturated heterocycles. The SMILES string of the molecule is CCOc1ccc(C(=O)N(C)Cc2ccccc2Br)cc1OC. The molecule has 0 atom stereocenters. The van der Waals surface area contributed by atoms with Crippen molar-refractivity contribution in [2.75, 3.05) is 20.8 Å². The third-order valence-electron chi connectivity index (χ3n) is 3.42. The van der Waals surface area contributed by atoms with E-state index in [9.17, 15) is 4.79 Å². The van der Waals surface area contributed by atoms with E-state index in [1.54, 1.807) is 37.3 Å². The Balaban J connectivity index is 2.17. The van der Waals surface area contributed by atoms with Crippen LogP contribution in [0.5, 0.6) is 11.5 Å². The molecule has 0 unspecified atom stereocenters. The number of carbonyl (C=O) groups excluding carboxylic acids is 1. The van der Waals surface area contributed by atoms with E-state index in [-0.39, 0.29) is 5.91 Å². The molecule has 122 valence electrons. The second-order valence-corrected chi connectivity index (χ2v) is 5.91. The fraction of sp³-hybridized carbons (Fsp3) is 0.278. The van der Waals surface area contributed by atoms with Crippen LogP contribution in [0.2, 0.25) is 0 Å². The highest BCUT2D eigenvalue weighted by atomic mass is 79.9. The molecule has 2 rings (SSSR count). The van der Waals surface area contributed by atoms with Crippen molar-refractivity contribution in [2.24, 2.45) is 0 Å². The smallest absolute Gasteiger partial charge is 0.254 e. The summed E-state index contributed by atoms with van der Waals surface area (Å²) in [5, 5.41) is 0. The molecule has 0 aromatic heterocycles. The predicted octanol–water partition coefficient (Wildman–Crippen LogP) is 4.13. The van der Waals surface area contributed by atoms with Gasteiger partial charge in [0.1, 0.15) is 0 Å². The van der Waals surface area contributed by atoms with Crippen molar-refractivity contribution in [1.82, 2.24) is 4.90 Å². The number of hydrogen-bond acceptors (Lipinski definition) is 3. The van der Waals surface area contributed by atoms with Gasteiger partial charge in [0.25, 0.3) is 5.91 Å². The lowest BCUT2D eigenvalue weighted by Crippen LogP contribution is -2.26. The summed E-state index contributed by atoms with van der Waals surface area (Å²) in [5.74, 6) is 1.13. The Morgan fingerprint density at radius 1 is 1.17 bits per heavy atom. The second-order valence-electron chi connectivity index (χ2n) is 5.05. The van der Waals surface area contributed by atoms with E-state index < -0.39 is 0 Å². The van der Waals surface area contributed by atoms with Gasteiger partial charge in [-0.3, -0.25) is 4.79 Å². The summed E-state index contributed by atoms with van der Waals surface area (Å²) in [7, 11) is 3.35. The molecule has 0 bridgehead atoms. The monoisotopic (exact) mass is 377 g/mol. The van der Waals surface area contributed by atoms with Crippen molar-refractivity contribution in [3.63, 3.8) is 0 Å². The van der Waals surface area contributed by atoms with Crippen LogP contribution in [0.3, 0.4) is 0 Å². The van der Waals surface area contributed by atoms with Gasteiger partial charge >= 0.3 is 0 Å². The molecule has 4 nitrogen and oxygen atoms in total. The molecule has 0 spiro atoms. The summed E-state index contributed by atoms with van der Waals surface area (Å²) < 4.78 is 11.8. The van der Waals surface area contributed by atoms with Crippen LogP contribution in [0.1, 0.15) is 22.8 Å². The molecule has 2 aromatic carbocycles. The molecule has 0 aliphatic heterocycles. The Morgan fingerprint density at radius 3 is 2.57 bits per heavy atom. The average molecular weight is 378 g/mol. The van der Waals surface area contributed by atoms with Gasteiger partial charge in [0.15, 0.2) is 11.5 Å². The zero-order valence-corrected chi connectivity index (χ0v) is 15.1. The van der Waals surface area contributed by atoms with Crippen molar-refractivity contribution >= 4 is 21.8 Å². The van der Waals surface area contributed by atoms with Gasteiger partial charge in [-0.05, 0) is 36.8 Å². The molecule has 0 saturated carbocycles. The molecular weight excluding hydrogens is 358 g/mol. The van der Waals surface area contributed by atoms with Gasteiger partial charge in [-0.15, -0.1) is 0 Å². The van der Waals surface area contributed by atoms with Crippen LogP contribution in [-0.2, 0) is 6.54 Å². The predicted molar refractivity (Wildman–Crippen MR) is 94.1 cm³/mol. The first kappa shape index (κ1) is 17.3. The number of benzene rings is 2. The van der Waals surface area contributed by atoms with Gasteiger partial charge in [-0.2, -0.15) is 0 Å². The highest BCUT2D eigenvalue weighted by Crippen LogP contribution is 2.28. The van der Waals surface area contributed by atoms with Gasteiger partial charge in [-0.25, -0.2) is 0 Å². The first-order valence-electron chi connectivity index (χ1n) is 7.36. The molecule has 0 heterocycles. The van der Waals surface area contributed by atoms with Crippen LogP contribution in [0, 0.1) is 0 Å². The topological polar surface area (TPSA) is 38.8 Å². The van der Waals surface area contributed by atoms with Gasteiger partial charge in [0.05, 0.1) is 13.7 Å². The van der Waals surface area contributed by atoms with Gasteiger partial charge in [0, 0.05) is 23.6 Å². The summed E-state index contributed by atoms with van der Waals surface area (Å²) in [5.41, 5.74) is 1.63. The largest absolute Gasteiger partial charge is 0.493 e. The lowest BCUT2D eigenvalue weighted by atomic mass is 10.1. The highest BCUT2D eigenvalue weighted by molar-refractivity contribution is 9.10. The molecule has 0 radical (unpaired) electrons. The first-order valence-corrected chi connectivity index (χ1v) is 8.15. The second kappa shape index (κ2) is 8.02. The zero-order valence-electron chi connectivity index (χ0n) is 13.5. The van der Waals surface area contributed by atoms with E-state index in [0.717, 1.165) is 10.0 Å². The van der Waals surface area contributed by atoms with E-state index >= 15 is 0 Å². The Hall–Kier alpha value is -2.01. The lowest BCUT2D eigenvalue weighted by molar-refractivity contribution is 0.0784. The van der Waals surface area contributed by atoms with Crippen molar-refractivity contribution in [3.8, 4) is 11.5 Å². The quantitative estimate of drug-likeness (QED) is 0.759. The van der Waals surface area contributed by atoms with Crippen LogP contribution in [0.4, 0.5) is 0 Å². The first-order chi connectivity index (χ1) is 11.1. The standard InChI is InChI=1S/C18H20BrNO3/c1-4-23-16-10-9-13(11-17(16)22-3)18(21)20(2)12-14-7-5-6-8-15(14)19/h5-11H,4,12H2,1-3H3. The minimum Gasteiger partial charge on any atom is -0.493 e. The number of rotatable bonds is 6. The molecular formula is C18H20BrNO3. The van der Waals surface area contributed by atoms with Crippen molar-refractivity contribution in [3.05, 3.63) is 58.1 Å². The maximum atomic E-state index is 12.6. The summed E-state index contributed by atoms with van der Waals surface area (Å²) in [6, 6.07) is 13.1. The van der Waals surface area contributed by atoms with Crippen LogP contribution >= 0.6 is 15.9 Å². The van der Waals surface area contributed by atoms with E-state index in [1.807, 2.05) is 31.2 Å². The van der Waals surface area contributed by atoms with Crippen LogP contribution in [0.25, 0.3) is 0 Å². The van der Waals surface area contributed by atoms with Gasteiger partial charge in [-0.1, -0.05) is 34.1 Å². The van der Waals surface area contributed by atoms with E-state index in [4.69, 9.17) is 9.47 Å². The number of carbonyl (C=O) groups is 1. The lowest BCUT2D eigenvalue weighted by Gasteiger charge is -2.19. The maximum Gasteiger partial charge on any atom is 0.254 e. The molecule has 1 amide bonds. The summed E-state index contributed by atoms with van der Waals surface area (Å²) in [4.78, 5) is 14.3. The van der Waals surface area contributed by atoms with E-state index in [1.165, 1.54) is 0 Å². The average Bonchev–Trinajstić information content (AvgIpc) is 2.56. The van der Waals surface area contributed by atoms with Crippen molar-refractivity contribution in [1.29, 1.82) is 0 Å². The van der Waals surface area contributed by atoms with E-state index in [2.05, 4.69) is 15.9 Å². The molecule has 23 heavy (non-hydrogen) atoms. The Morgan fingerprint density at radius 2 is 1.91 bits per heavy atom. The highest BCUT2D eigenvalue weighted by Gasteiger charge is 2.16. The molecule has 0 N–H and O–H groups in total. The Bertz CT molecular complexity index is 688. The fourth-order valence-corrected chi connectivity index (χ4v) is 2.66. The third-order valence-corrected chi connectivity index (χ3v) is 4.20. The number of halogens is 1. The zero-order chi connectivity index (χ0) is 16.8. The minimum atomic E-state index is -0.0675. The summed E-state index contributed by atoms with van der Waals surface area (Å²) in [6.07, 6.45) is 0. The molecule has 0 aliphatic rings. The van der Waals surface area contributed by atoms with Crippen LogP contribution in [0.15, 0.2) is 46.9 Å². The summed E-state index contributed by atoms with van der Waals surface area (Å²) in [6.45, 7) is 2.98. The van der Waals surface area contributed by atoms with Crippen LogP contribution in [-0.4, -0.2) is 31.6 Å². The molecule has 0 fully saturated rings. The minimum absolute atomic E-state index is 0.0675. The van der Waals surface area contributed by atoms with Gasteiger partial charge < -0.3 is 14.4 Å². The Labute approximate surface area is 145 Å². The van der Waals surface area contributed by atoms with Gasteiger partial charge in [0.2, 0.25) is 0 Å².